The number of hydrogen-bond donors (Lipinski definition) is 1. The Morgan fingerprint density at radius 2 is 1.91 bits per heavy atom. The van der Waals surface area contributed by atoms with Crippen LogP contribution in [0.1, 0.15) is 59.2 Å². The van der Waals surface area contributed by atoms with Crippen molar-refractivity contribution < 1.29 is 28.7 Å². The molecule has 0 radical (unpaired) electrons. The molecule has 168 valence electrons. The highest BCUT2D eigenvalue weighted by molar-refractivity contribution is 6.26. The molecule has 1 atom stereocenters. The molecule has 1 aromatic rings. The number of benzene rings is 1. The number of likely N-dealkylation sites (tertiary alicyclic amines) is 1. The molecule has 0 saturated carbocycles. The topological polar surface area (TPSA) is 176 Å². The number of imide groups is 4. The highest BCUT2D eigenvalue weighted by atomic mass is 16.6. The van der Waals surface area contributed by atoms with Crippen molar-refractivity contribution >= 4 is 35.4 Å². The van der Waals surface area contributed by atoms with Crippen molar-refractivity contribution in [3.05, 3.63) is 39.8 Å². The minimum Gasteiger partial charge on any atom is -0.449 e. The molecule has 1 aromatic carbocycles. The SMILES string of the molecule is [N-]=[N+]=NCCCCCCOC(=O)N1C(=O)CCC(N2C(=O)c3cccc(N)c3C2=O)C1=O. The Bertz CT molecular complexity index is 1020. The molecule has 1 unspecified atom stereocenters. The number of rotatable bonds is 8. The molecule has 2 N–H and O–H groups in total. The van der Waals surface area contributed by atoms with Gasteiger partial charge < -0.3 is 10.5 Å². The zero-order valence-corrected chi connectivity index (χ0v) is 17.2. The molecule has 2 aliphatic heterocycles. The third kappa shape index (κ3) is 4.40. The van der Waals surface area contributed by atoms with Gasteiger partial charge in [-0.05, 0) is 36.9 Å². The third-order valence-electron chi connectivity index (χ3n) is 5.30. The molecule has 5 amide bonds. The van der Waals surface area contributed by atoms with Crippen molar-refractivity contribution in [1.82, 2.24) is 9.80 Å². The van der Waals surface area contributed by atoms with Crippen molar-refractivity contribution in [2.45, 2.75) is 44.6 Å². The van der Waals surface area contributed by atoms with Crippen LogP contribution in [-0.4, -0.2) is 58.7 Å². The summed E-state index contributed by atoms with van der Waals surface area (Å²) in [5, 5.41) is 3.42. The van der Waals surface area contributed by atoms with E-state index in [0.29, 0.717) is 30.7 Å². The van der Waals surface area contributed by atoms with E-state index < -0.39 is 35.8 Å². The van der Waals surface area contributed by atoms with Gasteiger partial charge in [0, 0.05) is 23.6 Å². The lowest BCUT2D eigenvalue weighted by molar-refractivity contribution is -0.149. The number of nitrogens with two attached hydrogens (primary N) is 1. The summed E-state index contributed by atoms with van der Waals surface area (Å²) in [6.07, 6.45) is 1.26. The largest absolute Gasteiger partial charge is 0.449 e. The van der Waals surface area contributed by atoms with E-state index >= 15 is 0 Å². The summed E-state index contributed by atoms with van der Waals surface area (Å²) >= 11 is 0. The predicted octanol–water partition coefficient (Wildman–Crippen LogP) is 2.39. The van der Waals surface area contributed by atoms with E-state index in [2.05, 4.69) is 10.0 Å². The van der Waals surface area contributed by atoms with Crippen LogP contribution in [0.2, 0.25) is 0 Å². The van der Waals surface area contributed by atoms with Crippen molar-refractivity contribution in [3.8, 4) is 0 Å². The lowest BCUT2D eigenvalue weighted by Gasteiger charge is -2.32. The highest BCUT2D eigenvalue weighted by Crippen LogP contribution is 2.32. The second kappa shape index (κ2) is 9.92. The van der Waals surface area contributed by atoms with Gasteiger partial charge in [-0.25, -0.2) is 4.79 Å². The Kier molecular flexibility index (Phi) is 7.06. The summed E-state index contributed by atoms with van der Waals surface area (Å²) in [6.45, 7) is 0.379. The van der Waals surface area contributed by atoms with Gasteiger partial charge in [-0.15, -0.1) is 0 Å². The fourth-order valence-electron chi connectivity index (χ4n) is 3.72. The summed E-state index contributed by atoms with van der Waals surface area (Å²) in [4.78, 5) is 66.9. The molecule has 0 aromatic heterocycles. The summed E-state index contributed by atoms with van der Waals surface area (Å²) in [5.74, 6) is -3.15. The molecule has 3 rings (SSSR count). The van der Waals surface area contributed by atoms with Gasteiger partial charge in [0.1, 0.15) is 6.04 Å². The summed E-state index contributed by atoms with van der Waals surface area (Å²) in [7, 11) is 0. The Balaban J connectivity index is 1.62. The summed E-state index contributed by atoms with van der Waals surface area (Å²) in [6, 6.07) is 3.13. The molecule has 0 spiro atoms. The van der Waals surface area contributed by atoms with E-state index in [-0.39, 0.29) is 36.3 Å². The van der Waals surface area contributed by atoms with Crippen LogP contribution in [0, 0.1) is 0 Å². The molecule has 32 heavy (non-hydrogen) atoms. The maximum Gasteiger partial charge on any atom is 0.423 e. The van der Waals surface area contributed by atoms with E-state index in [1.165, 1.54) is 18.2 Å². The number of hydrogen-bond acceptors (Lipinski definition) is 8. The van der Waals surface area contributed by atoms with Crippen molar-refractivity contribution in [1.29, 1.82) is 0 Å². The number of carbonyl (C=O) groups is 5. The second-order valence-electron chi connectivity index (χ2n) is 7.36. The van der Waals surface area contributed by atoms with Gasteiger partial charge in [0.15, 0.2) is 0 Å². The molecular formula is C20H22N6O6. The molecule has 0 bridgehead atoms. The third-order valence-corrected chi connectivity index (χ3v) is 5.30. The zero-order valence-electron chi connectivity index (χ0n) is 17.2. The molecule has 12 nitrogen and oxygen atoms in total. The van der Waals surface area contributed by atoms with Gasteiger partial charge in [0.05, 0.1) is 17.7 Å². The Morgan fingerprint density at radius 3 is 2.62 bits per heavy atom. The number of ether oxygens (including phenoxy) is 1. The number of azide groups is 1. The van der Waals surface area contributed by atoms with Crippen molar-refractivity contribution in [3.63, 3.8) is 0 Å². The van der Waals surface area contributed by atoms with Crippen molar-refractivity contribution in [2.75, 3.05) is 18.9 Å². The van der Waals surface area contributed by atoms with Gasteiger partial charge in [0.2, 0.25) is 5.91 Å². The molecule has 12 heteroatoms. The Labute approximate surface area is 182 Å². The molecule has 2 heterocycles. The fourth-order valence-corrected chi connectivity index (χ4v) is 3.72. The first-order valence-electron chi connectivity index (χ1n) is 10.2. The average Bonchev–Trinajstić information content (AvgIpc) is 3.01. The highest BCUT2D eigenvalue weighted by Gasteiger charge is 2.49. The zero-order chi connectivity index (χ0) is 23.3. The standard InChI is InChI=1S/C20H22N6O6/c21-13-7-5-6-12-16(13)19(30)25(17(12)28)14-8-9-15(27)26(18(14)29)20(31)32-11-4-2-1-3-10-23-24-22/h5-7,14H,1-4,8-11,21H2. The fraction of sp³-hybridized carbons (Fsp3) is 0.450. The molecule has 0 aliphatic carbocycles. The Hall–Kier alpha value is -3.92. The van der Waals surface area contributed by atoms with Crippen LogP contribution in [0.4, 0.5) is 10.5 Å². The van der Waals surface area contributed by atoms with E-state index in [9.17, 15) is 24.0 Å². The van der Waals surface area contributed by atoms with Crippen LogP contribution in [0.25, 0.3) is 10.4 Å². The van der Waals surface area contributed by atoms with E-state index in [1.54, 1.807) is 0 Å². The number of fused-ring (bicyclic) bond motifs is 1. The quantitative estimate of drug-likeness (QED) is 0.160. The smallest absolute Gasteiger partial charge is 0.423 e. The van der Waals surface area contributed by atoms with Crippen molar-refractivity contribution in [2.24, 2.45) is 5.11 Å². The van der Waals surface area contributed by atoms with Crippen LogP contribution < -0.4 is 5.73 Å². The summed E-state index contributed by atoms with van der Waals surface area (Å²) < 4.78 is 5.05. The monoisotopic (exact) mass is 442 g/mol. The lowest BCUT2D eigenvalue weighted by Crippen LogP contribution is -2.57. The van der Waals surface area contributed by atoms with Crippen LogP contribution in [0.5, 0.6) is 0 Å². The number of nitrogen functional groups attached to an aromatic ring is 1. The van der Waals surface area contributed by atoms with Crippen LogP contribution in [0.15, 0.2) is 23.3 Å². The predicted molar refractivity (Wildman–Crippen MR) is 110 cm³/mol. The van der Waals surface area contributed by atoms with Gasteiger partial charge in [-0.3, -0.25) is 24.1 Å². The number of anilines is 1. The number of carbonyl (C=O) groups excluding carboxylic acids is 5. The van der Waals surface area contributed by atoms with Gasteiger partial charge >= 0.3 is 6.09 Å². The summed E-state index contributed by atoms with van der Waals surface area (Å²) in [5.41, 5.74) is 14.2. The second-order valence-corrected chi connectivity index (χ2v) is 7.36. The molecule has 2 aliphatic rings. The average molecular weight is 442 g/mol. The minimum absolute atomic E-state index is 0.00831. The minimum atomic E-state index is -1.30. The number of amides is 5. The molecule has 1 fully saturated rings. The van der Waals surface area contributed by atoms with E-state index in [0.717, 1.165) is 11.3 Å². The van der Waals surface area contributed by atoms with Crippen LogP contribution in [-0.2, 0) is 14.3 Å². The molecule has 1 saturated heterocycles. The first-order valence-corrected chi connectivity index (χ1v) is 10.2. The lowest BCUT2D eigenvalue weighted by atomic mass is 10.0. The number of piperidine rings is 1. The van der Waals surface area contributed by atoms with Gasteiger partial charge in [-0.2, -0.15) is 4.90 Å². The maximum atomic E-state index is 12.9. The number of unbranched alkanes of at least 4 members (excludes halogenated alkanes) is 3. The first-order chi connectivity index (χ1) is 15.4. The van der Waals surface area contributed by atoms with E-state index in [1.807, 2.05) is 0 Å². The van der Waals surface area contributed by atoms with Gasteiger partial charge in [0.25, 0.3) is 17.7 Å². The Morgan fingerprint density at radius 1 is 1.16 bits per heavy atom. The molecular weight excluding hydrogens is 420 g/mol. The maximum absolute atomic E-state index is 12.9. The van der Waals surface area contributed by atoms with Crippen LogP contribution >= 0.6 is 0 Å². The van der Waals surface area contributed by atoms with E-state index in [4.69, 9.17) is 16.0 Å². The number of nitrogens with zero attached hydrogens (tertiary/aromatic N) is 5. The first kappa shape index (κ1) is 22.8. The normalized spacial score (nSPS) is 17.9. The van der Waals surface area contributed by atoms with Gasteiger partial charge in [-0.1, -0.05) is 24.0 Å². The van der Waals surface area contributed by atoms with Crippen LogP contribution in [0.3, 0.4) is 0 Å².